The standard InChI is InChI=1S/C13H17FN2O/c1-16(9-7-10-6-8-15-10)13(17)11-4-2-3-5-12(11)14/h2-5,10,15H,6-9H2,1H3. The van der Waals surface area contributed by atoms with E-state index in [1.165, 1.54) is 18.6 Å². The molecule has 1 N–H and O–H groups in total. The molecule has 1 unspecified atom stereocenters. The molecule has 1 aliphatic heterocycles. The van der Waals surface area contributed by atoms with Crippen LogP contribution in [0, 0.1) is 5.82 Å². The quantitative estimate of drug-likeness (QED) is 0.862. The van der Waals surface area contributed by atoms with Gasteiger partial charge in [-0.05, 0) is 31.5 Å². The Balaban J connectivity index is 1.92. The Morgan fingerprint density at radius 1 is 1.53 bits per heavy atom. The van der Waals surface area contributed by atoms with Gasteiger partial charge in [-0.15, -0.1) is 0 Å². The van der Waals surface area contributed by atoms with Crippen LogP contribution in [0.4, 0.5) is 4.39 Å². The number of rotatable bonds is 4. The van der Waals surface area contributed by atoms with Gasteiger partial charge in [-0.1, -0.05) is 12.1 Å². The van der Waals surface area contributed by atoms with E-state index in [2.05, 4.69) is 5.32 Å². The summed E-state index contributed by atoms with van der Waals surface area (Å²) in [5, 5.41) is 3.28. The lowest BCUT2D eigenvalue weighted by molar-refractivity contribution is 0.0781. The van der Waals surface area contributed by atoms with Crippen LogP contribution < -0.4 is 5.32 Å². The van der Waals surface area contributed by atoms with Crippen molar-refractivity contribution < 1.29 is 9.18 Å². The van der Waals surface area contributed by atoms with Crippen molar-refractivity contribution in [3.8, 4) is 0 Å². The predicted octanol–water partition coefficient (Wildman–Crippen LogP) is 1.65. The van der Waals surface area contributed by atoms with Crippen LogP contribution in [0.25, 0.3) is 0 Å². The van der Waals surface area contributed by atoms with E-state index < -0.39 is 5.82 Å². The SMILES string of the molecule is CN(CCC1CCN1)C(=O)c1ccccc1F. The van der Waals surface area contributed by atoms with Gasteiger partial charge in [-0.25, -0.2) is 4.39 Å². The first-order valence-electron chi connectivity index (χ1n) is 5.92. The fourth-order valence-electron chi connectivity index (χ4n) is 1.89. The second kappa shape index (κ2) is 5.27. The van der Waals surface area contributed by atoms with Crippen molar-refractivity contribution in [1.82, 2.24) is 10.2 Å². The molecule has 1 aromatic rings. The van der Waals surface area contributed by atoms with Crippen molar-refractivity contribution in [3.63, 3.8) is 0 Å². The van der Waals surface area contributed by atoms with Gasteiger partial charge in [-0.2, -0.15) is 0 Å². The fourth-order valence-corrected chi connectivity index (χ4v) is 1.89. The summed E-state index contributed by atoms with van der Waals surface area (Å²) in [6.45, 7) is 1.72. The molecule has 1 saturated heterocycles. The number of amides is 1. The first-order valence-corrected chi connectivity index (χ1v) is 5.92. The van der Waals surface area contributed by atoms with E-state index in [9.17, 15) is 9.18 Å². The largest absolute Gasteiger partial charge is 0.342 e. The molecule has 0 bridgehead atoms. The van der Waals surface area contributed by atoms with Crippen LogP contribution in [0.3, 0.4) is 0 Å². The number of carbonyl (C=O) groups is 1. The molecule has 0 radical (unpaired) electrons. The average Bonchev–Trinajstić information content (AvgIpc) is 2.26. The number of hydrogen-bond acceptors (Lipinski definition) is 2. The highest BCUT2D eigenvalue weighted by Gasteiger charge is 2.19. The summed E-state index contributed by atoms with van der Waals surface area (Å²) in [6.07, 6.45) is 2.10. The van der Waals surface area contributed by atoms with Crippen LogP contribution in [-0.2, 0) is 0 Å². The molecular weight excluding hydrogens is 219 g/mol. The topological polar surface area (TPSA) is 32.3 Å². The Morgan fingerprint density at radius 2 is 2.24 bits per heavy atom. The maximum Gasteiger partial charge on any atom is 0.256 e. The van der Waals surface area contributed by atoms with Crippen molar-refractivity contribution in [1.29, 1.82) is 0 Å². The van der Waals surface area contributed by atoms with Gasteiger partial charge in [0, 0.05) is 19.6 Å². The van der Waals surface area contributed by atoms with Crippen molar-refractivity contribution >= 4 is 5.91 Å². The molecule has 1 heterocycles. The number of carbonyl (C=O) groups excluding carboxylic acids is 1. The Hall–Kier alpha value is -1.42. The monoisotopic (exact) mass is 236 g/mol. The summed E-state index contributed by atoms with van der Waals surface area (Å²) in [5.41, 5.74) is 0.150. The lowest BCUT2D eigenvalue weighted by Crippen LogP contribution is -2.45. The fraction of sp³-hybridized carbons (Fsp3) is 0.462. The third-order valence-electron chi connectivity index (χ3n) is 3.19. The van der Waals surface area contributed by atoms with Gasteiger partial charge < -0.3 is 10.2 Å². The van der Waals surface area contributed by atoms with Crippen molar-refractivity contribution in [2.24, 2.45) is 0 Å². The number of halogens is 1. The minimum atomic E-state index is -0.453. The molecule has 0 saturated carbocycles. The van der Waals surface area contributed by atoms with E-state index in [1.54, 1.807) is 24.1 Å². The van der Waals surface area contributed by atoms with Crippen molar-refractivity contribution in [3.05, 3.63) is 35.6 Å². The first kappa shape index (κ1) is 12.0. The van der Waals surface area contributed by atoms with Gasteiger partial charge >= 0.3 is 0 Å². The molecule has 1 atom stereocenters. The second-order valence-electron chi connectivity index (χ2n) is 4.43. The predicted molar refractivity (Wildman–Crippen MR) is 64.4 cm³/mol. The highest BCUT2D eigenvalue weighted by atomic mass is 19.1. The van der Waals surface area contributed by atoms with Gasteiger partial charge in [0.05, 0.1) is 5.56 Å². The Labute approximate surface area is 101 Å². The summed E-state index contributed by atoms with van der Waals surface area (Å²) in [6, 6.07) is 6.62. The minimum Gasteiger partial charge on any atom is -0.342 e. The molecule has 0 aromatic heterocycles. The molecular formula is C13H17FN2O. The average molecular weight is 236 g/mol. The lowest BCUT2D eigenvalue weighted by atomic mass is 10.0. The summed E-state index contributed by atoms with van der Waals surface area (Å²) < 4.78 is 13.4. The van der Waals surface area contributed by atoms with Gasteiger partial charge in [0.2, 0.25) is 0 Å². The summed E-state index contributed by atoms with van der Waals surface area (Å²) in [4.78, 5) is 13.5. The third-order valence-corrected chi connectivity index (χ3v) is 3.19. The van der Waals surface area contributed by atoms with E-state index in [-0.39, 0.29) is 11.5 Å². The zero-order valence-electron chi connectivity index (χ0n) is 9.95. The second-order valence-corrected chi connectivity index (χ2v) is 4.43. The van der Waals surface area contributed by atoms with Crippen LogP contribution in [-0.4, -0.2) is 37.0 Å². The number of benzene rings is 1. The van der Waals surface area contributed by atoms with Crippen LogP contribution in [0.15, 0.2) is 24.3 Å². The van der Waals surface area contributed by atoms with Gasteiger partial charge in [0.25, 0.3) is 5.91 Å². The molecule has 92 valence electrons. The van der Waals surface area contributed by atoms with Gasteiger partial charge in [-0.3, -0.25) is 4.79 Å². The molecule has 3 nitrogen and oxygen atoms in total. The van der Waals surface area contributed by atoms with Gasteiger partial charge in [0.1, 0.15) is 5.82 Å². The molecule has 17 heavy (non-hydrogen) atoms. The summed E-state index contributed by atoms with van der Waals surface area (Å²) in [7, 11) is 1.72. The molecule has 2 rings (SSSR count). The maximum atomic E-state index is 13.4. The highest BCUT2D eigenvalue weighted by Crippen LogP contribution is 2.11. The normalized spacial score (nSPS) is 18.6. The molecule has 1 aliphatic rings. The van der Waals surface area contributed by atoms with Crippen LogP contribution >= 0.6 is 0 Å². The molecule has 1 amide bonds. The first-order chi connectivity index (χ1) is 8.18. The van der Waals surface area contributed by atoms with Gasteiger partial charge in [0.15, 0.2) is 0 Å². The number of nitrogens with one attached hydrogen (secondary N) is 1. The Bertz CT molecular complexity index is 404. The van der Waals surface area contributed by atoms with E-state index in [1.807, 2.05) is 0 Å². The highest BCUT2D eigenvalue weighted by molar-refractivity contribution is 5.94. The molecule has 0 spiro atoms. The summed E-state index contributed by atoms with van der Waals surface area (Å²) >= 11 is 0. The van der Waals surface area contributed by atoms with E-state index in [4.69, 9.17) is 0 Å². The molecule has 4 heteroatoms. The number of nitrogens with zero attached hydrogens (tertiary/aromatic N) is 1. The third kappa shape index (κ3) is 2.82. The van der Waals surface area contributed by atoms with Crippen LogP contribution in [0.2, 0.25) is 0 Å². The van der Waals surface area contributed by atoms with E-state index >= 15 is 0 Å². The van der Waals surface area contributed by atoms with E-state index in [0.717, 1.165) is 13.0 Å². The molecule has 1 fully saturated rings. The Morgan fingerprint density at radius 3 is 2.82 bits per heavy atom. The summed E-state index contributed by atoms with van der Waals surface area (Å²) in [5.74, 6) is -0.700. The molecule has 1 aromatic carbocycles. The smallest absolute Gasteiger partial charge is 0.256 e. The zero-order chi connectivity index (χ0) is 12.3. The Kier molecular flexibility index (Phi) is 3.74. The minimum absolute atomic E-state index is 0.150. The van der Waals surface area contributed by atoms with Crippen LogP contribution in [0.1, 0.15) is 23.2 Å². The van der Waals surface area contributed by atoms with Crippen molar-refractivity contribution in [2.75, 3.05) is 20.1 Å². The maximum absolute atomic E-state index is 13.4. The van der Waals surface area contributed by atoms with E-state index in [0.29, 0.717) is 12.6 Å². The number of hydrogen-bond donors (Lipinski definition) is 1. The van der Waals surface area contributed by atoms with Crippen molar-refractivity contribution in [2.45, 2.75) is 18.9 Å². The van der Waals surface area contributed by atoms with Crippen LogP contribution in [0.5, 0.6) is 0 Å². The zero-order valence-corrected chi connectivity index (χ0v) is 9.95. The molecule has 0 aliphatic carbocycles. The lowest BCUT2D eigenvalue weighted by Gasteiger charge is -2.29.